The Morgan fingerprint density at radius 3 is 2.73 bits per heavy atom. The fourth-order valence-corrected chi connectivity index (χ4v) is 3.64. The van der Waals surface area contributed by atoms with Gasteiger partial charge in [0.2, 0.25) is 11.9 Å². The van der Waals surface area contributed by atoms with Crippen molar-refractivity contribution >= 4 is 11.9 Å². The minimum atomic E-state index is -0.220. The van der Waals surface area contributed by atoms with Gasteiger partial charge in [-0.1, -0.05) is 6.92 Å². The number of carbonyl (C=O) groups is 1. The number of H-pyrrole nitrogens is 1. The number of nitrogens with one attached hydrogen (secondary N) is 1. The first-order valence-electron chi connectivity index (χ1n) is 8.24. The molecule has 1 atom stereocenters. The van der Waals surface area contributed by atoms with Crippen molar-refractivity contribution in [1.82, 2.24) is 25.0 Å². The zero-order valence-electron chi connectivity index (χ0n) is 13.6. The van der Waals surface area contributed by atoms with Crippen molar-refractivity contribution in [2.75, 3.05) is 50.7 Å². The van der Waals surface area contributed by atoms with Gasteiger partial charge in [-0.2, -0.15) is 10.1 Å². The number of anilines is 1. The molecular formula is C15H26N6O. The van der Waals surface area contributed by atoms with Crippen LogP contribution in [-0.2, 0) is 4.79 Å². The van der Waals surface area contributed by atoms with Crippen LogP contribution in [0.4, 0.5) is 5.95 Å². The maximum atomic E-state index is 13.0. The van der Waals surface area contributed by atoms with Crippen LogP contribution in [0.1, 0.15) is 26.7 Å². The summed E-state index contributed by atoms with van der Waals surface area (Å²) < 4.78 is 0. The molecule has 1 amide bonds. The molecule has 7 heteroatoms. The maximum Gasteiger partial charge on any atom is 0.229 e. The average Bonchev–Trinajstić information content (AvgIpc) is 3.09. The Bertz CT molecular complexity index is 496. The van der Waals surface area contributed by atoms with Crippen molar-refractivity contribution in [2.24, 2.45) is 5.41 Å². The first kappa shape index (κ1) is 15.3. The highest BCUT2D eigenvalue weighted by molar-refractivity contribution is 5.83. The average molecular weight is 306 g/mol. The Morgan fingerprint density at radius 2 is 2.09 bits per heavy atom. The van der Waals surface area contributed by atoms with Gasteiger partial charge in [0.05, 0.1) is 5.41 Å². The third-order valence-corrected chi connectivity index (χ3v) is 5.01. The van der Waals surface area contributed by atoms with E-state index in [9.17, 15) is 4.79 Å². The molecule has 0 radical (unpaired) electrons. The van der Waals surface area contributed by atoms with Gasteiger partial charge in [-0.05, 0) is 32.9 Å². The summed E-state index contributed by atoms with van der Waals surface area (Å²) in [6.45, 7) is 10.5. The summed E-state index contributed by atoms with van der Waals surface area (Å²) in [5.41, 5.74) is -0.220. The van der Waals surface area contributed by atoms with Crippen LogP contribution in [0.2, 0.25) is 0 Å². The third-order valence-electron chi connectivity index (χ3n) is 5.01. The monoisotopic (exact) mass is 306 g/mol. The second-order valence-corrected chi connectivity index (χ2v) is 6.62. The van der Waals surface area contributed by atoms with Gasteiger partial charge in [-0.15, -0.1) is 0 Å². The van der Waals surface area contributed by atoms with E-state index in [0.29, 0.717) is 5.91 Å². The smallest absolute Gasteiger partial charge is 0.229 e. The number of amides is 1. The van der Waals surface area contributed by atoms with Gasteiger partial charge in [0.25, 0.3) is 0 Å². The van der Waals surface area contributed by atoms with E-state index in [1.165, 1.54) is 6.33 Å². The molecule has 1 N–H and O–H groups in total. The second-order valence-electron chi connectivity index (χ2n) is 6.62. The number of piperazine rings is 1. The number of hydrogen-bond donors (Lipinski definition) is 1. The minimum absolute atomic E-state index is 0.220. The second kappa shape index (κ2) is 6.24. The van der Waals surface area contributed by atoms with Crippen molar-refractivity contribution in [1.29, 1.82) is 0 Å². The molecule has 0 aliphatic carbocycles. The van der Waals surface area contributed by atoms with Crippen molar-refractivity contribution in [3.63, 3.8) is 0 Å². The number of hydrogen-bond acceptors (Lipinski definition) is 5. The van der Waals surface area contributed by atoms with E-state index in [-0.39, 0.29) is 5.41 Å². The van der Waals surface area contributed by atoms with Crippen molar-refractivity contribution < 1.29 is 4.79 Å². The molecule has 0 bridgehead atoms. The van der Waals surface area contributed by atoms with Crippen LogP contribution in [-0.4, -0.2) is 76.7 Å². The van der Waals surface area contributed by atoms with Crippen LogP contribution in [0.3, 0.4) is 0 Å². The normalized spacial score (nSPS) is 27.2. The van der Waals surface area contributed by atoms with E-state index in [4.69, 9.17) is 0 Å². The molecule has 1 aromatic heterocycles. The molecule has 1 aromatic rings. The molecule has 2 fully saturated rings. The Balaban J connectivity index is 1.59. The predicted octanol–water partition coefficient (Wildman–Crippen LogP) is 0.575. The lowest BCUT2D eigenvalue weighted by atomic mass is 9.80. The maximum absolute atomic E-state index is 13.0. The summed E-state index contributed by atoms with van der Waals surface area (Å²) in [6, 6.07) is 0. The molecule has 2 aliphatic rings. The van der Waals surface area contributed by atoms with Gasteiger partial charge in [-0.3, -0.25) is 4.79 Å². The Labute approximate surface area is 131 Å². The zero-order chi connectivity index (χ0) is 15.6. The van der Waals surface area contributed by atoms with Gasteiger partial charge in [0.15, 0.2) is 0 Å². The molecule has 3 heterocycles. The molecule has 0 spiro atoms. The van der Waals surface area contributed by atoms with Crippen LogP contribution in [0, 0.1) is 5.41 Å². The SMILES string of the molecule is CCN1CCC[C@](C)(C(=O)N2CCN(c3ncn[nH]3)CC2)C1. The lowest BCUT2D eigenvalue weighted by molar-refractivity contribution is -0.144. The van der Waals surface area contributed by atoms with E-state index >= 15 is 0 Å². The van der Waals surface area contributed by atoms with Crippen LogP contribution in [0.25, 0.3) is 0 Å². The summed E-state index contributed by atoms with van der Waals surface area (Å²) in [5.74, 6) is 1.12. The highest BCUT2D eigenvalue weighted by atomic mass is 16.2. The highest BCUT2D eigenvalue weighted by Crippen LogP contribution is 2.32. The number of aromatic nitrogens is 3. The van der Waals surface area contributed by atoms with Gasteiger partial charge in [-0.25, -0.2) is 5.10 Å². The Hall–Kier alpha value is -1.63. The summed E-state index contributed by atoms with van der Waals surface area (Å²) in [5, 5.41) is 6.78. The quantitative estimate of drug-likeness (QED) is 0.884. The van der Waals surface area contributed by atoms with Crippen LogP contribution in [0.5, 0.6) is 0 Å². The van der Waals surface area contributed by atoms with Gasteiger partial charge in [0.1, 0.15) is 6.33 Å². The molecule has 0 aromatic carbocycles. The van der Waals surface area contributed by atoms with E-state index in [0.717, 1.165) is 64.6 Å². The topological polar surface area (TPSA) is 68.4 Å². The summed E-state index contributed by atoms with van der Waals surface area (Å²) >= 11 is 0. The lowest BCUT2D eigenvalue weighted by Gasteiger charge is -2.43. The van der Waals surface area contributed by atoms with E-state index in [1.54, 1.807) is 0 Å². The number of rotatable bonds is 3. The fourth-order valence-electron chi connectivity index (χ4n) is 3.64. The number of piperidine rings is 1. The number of nitrogens with zero attached hydrogens (tertiary/aromatic N) is 5. The molecule has 2 saturated heterocycles. The summed E-state index contributed by atoms with van der Waals surface area (Å²) in [7, 11) is 0. The van der Waals surface area contributed by atoms with E-state index < -0.39 is 0 Å². The van der Waals surface area contributed by atoms with Gasteiger partial charge < -0.3 is 14.7 Å². The van der Waals surface area contributed by atoms with E-state index in [2.05, 4.69) is 38.8 Å². The van der Waals surface area contributed by atoms with Gasteiger partial charge in [0, 0.05) is 32.7 Å². The summed E-state index contributed by atoms with van der Waals surface area (Å²) in [6.07, 6.45) is 3.65. The number of carbonyl (C=O) groups excluding carboxylic acids is 1. The molecule has 3 rings (SSSR count). The Morgan fingerprint density at radius 1 is 1.32 bits per heavy atom. The zero-order valence-corrected chi connectivity index (χ0v) is 13.6. The summed E-state index contributed by atoms with van der Waals surface area (Å²) in [4.78, 5) is 23.7. The first-order valence-corrected chi connectivity index (χ1v) is 8.24. The largest absolute Gasteiger partial charge is 0.339 e. The molecule has 7 nitrogen and oxygen atoms in total. The molecule has 0 unspecified atom stereocenters. The third kappa shape index (κ3) is 2.95. The standard InChI is InChI=1S/C15H26N6O/c1-3-19-6-4-5-15(2,11-19)13(22)20-7-9-21(10-8-20)14-16-12-17-18-14/h12H,3-11H2,1-2H3,(H,16,17,18)/t15-/m0/s1. The number of aromatic amines is 1. The molecule has 2 aliphatic heterocycles. The molecule has 122 valence electrons. The first-order chi connectivity index (χ1) is 10.6. The minimum Gasteiger partial charge on any atom is -0.339 e. The van der Waals surface area contributed by atoms with Crippen molar-refractivity contribution in [3.8, 4) is 0 Å². The molecule has 22 heavy (non-hydrogen) atoms. The van der Waals surface area contributed by atoms with E-state index in [1.807, 2.05) is 4.90 Å². The molecule has 0 saturated carbocycles. The predicted molar refractivity (Wildman–Crippen MR) is 84.6 cm³/mol. The van der Waals surface area contributed by atoms with Crippen LogP contribution >= 0.6 is 0 Å². The molecular weight excluding hydrogens is 280 g/mol. The van der Waals surface area contributed by atoms with Crippen molar-refractivity contribution in [3.05, 3.63) is 6.33 Å². The highest BCUT2D eigenvalue weighted by Gasteiger charge is 2.40. The Kier molecular flexibility index (Phi) is 4.33. The van der Waals surface area contributed by atoms with Crippen molar-refractivity contribution in [2.45, 2.75) is 26.7 Å². The lowest BCUT2D eigenvalue weighted by Crippen LogP contribution is -2.56. The van der Waals surface area contributed by atoms with Crippen LogP contribution in [0.15, 0.2) is 6.33 Å². The van der Waals surface area contributed by atoms with Crippen LogP contribution < -0.4 is 4.90 Å². The number of likely N-dealkylation sites (tertiary alicyclic amines) is 1. The fraction of sp³-hybridized carbons (Fsp3) is 0.800. The van der Waals surface area contributed by atoms with Gasteiger partial charge >= 0.3 is 0 Å².